The second-order valence-corrected chi connectivity index (χ2v) is 7.89. The number of hydrogen-bond donors (Lipinski definition) is 3. The molecule has 2 atom stereocenters. The topological polar surface area (TPSA) is 112 Å². The van der Waals surface area contributed by atoms with Gasteiger partial charge in [0.2, 0.25) is 5.43 Å². The Balaban J connectivity index is 1.69. The second-order valence-electron chi connectivity index (χ2n) is 7.89. The number of aliphatic hydroxyl groups is 1. The van der Waals surface area contributed by atoms with Crippen molar-refractivity contribution < 1.29 is 28.6 Å². The number of carbonyl (C=O) groups is 2. The van der Waals surface area contributed by atoms with Gasteiger partial charge in [0.25, 0.3) is 11.8 Å². The van der Waals surface area contributed by atoms with Gasteiger partial charge in [-0.2, -0.15) is 0 Å². The highest BCUT2D eigenvalue weighted by atomic mass is 19.1. The van der Waals surface area contributed by atoms with E-state index in [0.717, 1.165) is 18.3 Å². The molecule has 0 saturated carbocycles. The molecule has 2 aliphatic heterocycles. The molecule has 2 aliphatic rings. The SMILES string of the molecule is Cc1cc(F)c(CNC(=O)c2cn3c(c(O)c2=O)C(=O)N2CCCC(O)C3C2)c(F)c1. The number of hydrogen-bond acceptors (Lipinski definition) is 5. The molecule has 1 saturated heterocycles. The maximum absolute atomic E-state index is 14.0. The lowest BCUT2D eigenvalue weighted by molar-refractivity contribution is 0.0558. The van der Waals surface area contributed by atoms with E-state index in [9.17, 15) is 33.4 Å². The van der Waals surface area contributed by atoms with Gasteiger partial charge in [-0.15, -0.1) is 0 Å². The molecular formula is C21H21F2N3O5. The van der Waals surface area contributed by atoms with Crippen LogP contribution in [0.4, 0.5) is 8.78 Å². The van der Waals surface area contributed by atoms with Gasteiger partial charge < -0.3 is 25.0 Å². The summed E-state index contributed by atoms with van der Waals surface area (Å²) >= 11 is 0. The lowest BCUT2D eigenvalue weighted by Crippen LogP contribution is -2.46. The largest absolute Gasteiger partial charge is 0.503 e. The van der Waals surface area contributed by atoms with Gasteiger partial charge in [-0.3, -0.25) is 14.4 Å². The standard InChI is InChI=1S/C21H21F2N3O5/c1-10-5-13(22)11(14(23)6-10)7-24-20(30)12-8-26-15-9-25(4-2-3-16(15)27)21(31)17(26)19(29)18(12)28/h5-6,8,15-16,27,29H,2-4,7,9H2,1H3,(H,24,30). The molecule has 0 aliphatic carbocycles. The molecule has 2 amide bonds. The molecule has 2 unspecified atom stereocenters. The number of benzene rings is 1. The number of carbonyl (C=O) groups excluding carboxylic acids is 2. The number of fused-ring (bicyclic) bond motifs is 4. The zero-order chi connectivity index (χ0) is 22.4. The average Bonchev–Trinajstić information content (AvgIpc) is 2.87. The molecule has 2 aromatic rings. The van der Waals surface area contributed by atoms with E-state index in [1.54, 1.807) is 0 Å². The molecule has 8 nitrogen and oxygen atoms in total. The van der Waals surface area contributed by atoms with Crippen LogP contribution < -0.4 is 10.7 Å². The Bertz CT molecular complexity index is 1120. The highest BCUT2D eigenvalue weighted by Gasteiger charge is 2.39. The first kappa shape index (κ1) is 21.0. The Hall–Kier alpha value is -3.27. The van der Waals surface area contributed by atoms with E-state index in [1.807, 2.05) is 0 Å². The van der Waals surface area contributed by atoms with Crippen molar-refractivity contribution in [3.8, 4) is 5.75 Å². The number of amides is 2. The summed E-state index contributed by atoms with van der Waals surface area (Å²) < 4.78 is 29.3. The number of nitrogens with zero attached hydrogens (tertiary/aromatic N) is 2. The first-order valence-corrected chi connectivity index (χ1v) is 9.87. The van der Waals surface area contributed by atoms with Crippen molar-refractivity contribution in [3.05, 3.63) is 62.6 Å². The van der Waals surface area contributed by atoms with Crippen LogP contribution in [0.25, 0.3) is 0 Å². The fourth-order valence-corrected chi connectivity index (χ4v) is 4.15. The van der Waals surface area contributed by atoms with Gasteiger partial charge in [-0.05, 0) is 37.5 Å². The predicted octanol–water partition coefficient (Wildman–Crippen LogP) is 1.22. The van der Waals surface area contributed by atoms with E-state index in [4.69, 9.17) is 0 Å². The molecule has 1 fully saturated rings. The first-order chi connectivity index (χ1) is 14.7. The summed E-state index contributed by atoms with van der Waals surface area (Å²) in [6.07, 6.45) is 1.24. The van der Waals surface area contributed by atoms with Gasteiger partial charge in [-0.1, -0.05) is 0 Å². The highest BCUT2D eigenvalue weighted by molar-refractivity contribution is 5.99. The van der Waals surface area contributed by atoms with E-state index >= 15 is 0 Å². The van der Waals surface area contributed by atoms with Crippen LogP contribution in [0.2, 0.25) is 0 Å². The van der Waals surface area contributed by atoms with Gasteiger partial charge in [0.05, 0.1) is 12.1 Å². The zero-order valence-corrected chi connectivity index (χ0v) is 16.7. The van der Waals surface area contributed by atoms with Crippen molar-refractivity contribution in [1.29, 1.82) is 0 Å². The summed E-state index contributed by atoms with van der Waals surface area (Å²) in [5.74, 6) is -4.09. The molecule has 0 radical (unpaired) electrons. The van der Waals surface area contributed by atoms with Crippen molar-refractivity contribution in [2.75, 3.05) is 13.1 Å². The molecule has 31 heavy (non-hydrogen) atoms. The number of aromatic nitrogens is 1. The normalized spacial score (nSPS) is 20.3. The van der Waals surface area contributed by atoms with Crippen molar-refractivity contribution in [2.24, 2.45) is 0 Å². The van der Waals surface area contributed by atoms with Gasteiger partial charge in [-0.25, -0.2) is 8.78 Å². The summed E-state index contributed by atoms with van der Waals surface area (Å²) in [6.45, 7) is 1.57. The molecule has 3 N–H and O–H groups in total. The highest BCUT2D eigenvalue weighted by Crippen LogP contribution is 2.32. The fourth-order valence-electron chi connectivity index (χ4n) is 4.15. The Morgan fingerprint density at radius 2 is 1.94 bits per heavy atom. The van der Waals surface area contributed by atoms with E-state index in [-0.39, 0.29) is 17.8 Å². The van der Waals surface area contributed by atoms with Gasteiger partial charge in [0.1, 0.15) is 17.2 Å². The van der Waals surface area contributed by atoms with Crippen molar-refractivity contribution in [1.82, 2.24) is 14.8 Å². The molecule has 3 heterocycles. The summed E-state index contributed by atoms with van der Waals surface area (Å²) in [5, 5.41) is 23.2. The lowest BCUT2D eigenvalue weighted by atomic mass is 10.0. The molecule has 1 aromatic carbocycles. The lowest BCUT2D eigenvalue weighted by Gasteiger charge is -2.35. The van der Waals surface area contributed by atoms with Crippen LogP contribution in [0.3, 0.4) is 0 Å². The summed E-state index contributed by atoms with van der Waals surface area (Å²) in [6, 6.07) is 1.60. The third-order valence-electron chi connectivity index (χ3n) is 5.79. The molecule has 10 heteroatoms. The smallest absolute Gasteiger partial charge is 0.274 e. The Morgan fingerprint density at radius 1 is 1.26 bits per heavy atom. The molecule has 2 bridgehead atoms. The number of halogens is 2. The first-order valence-electron chi connectivity index (χ1n) is 9.87. The molecule has 1 aromatic heterocycles. The van der Waals surface area contributed by atoms with Crippen molar-refractivity contribution in [2.45, 2.75) is 38.5 Å². The third kappa shape index (κ3) is 3.56. The number of pyridine rings is 1. The van der Waals surface area contributed by atoms with Crippen LogP contribution in [0.5, 0.6) is 5.75 Å². The van der Waals surface area contributed by atoms with Gasteiger partial charge in [0, 0.05) is 31.4 Å². The predicted molar refractivity (Wildman–Crippen MR) is 105 cm³/mol. The minimum Gasteiger partial charge on any atom is -0.503 e. The minimum absolute atomic E-state index is 0.177. The quantitative estimate of drug-likeness (QED) is 0.674. The average molecular weight is 433 g/mol. The van der Waals surface area contributed by atoms with E-state index in [1.165, 1.54) is 16.4 Å². The minimum atomic E-state index is -1.07. The maximum Gasteiger partial charge on any atom is 0.274 e. The van der Waals surface area contributed by atoms with E-state index in [2.05, 4.69) is 5.32 Å². The maximum atomic E-state index is 14.0. The number of aliphatic hydroxyl groups excluding tert-OH is 1. The molecular weight excluding hydrogens is 412 g/mol. The van der Waals surface area contributed by atoms with Crippen LogP contribution in [0, 0.1) is 18.6 Å². The van der Waals surface area contributed by atoms with Crippen LogP contribution in [-0.4, -0.2) is 50.7 Å². The Morgan fingerprint density at radius 3 is 2.61 bits per heavy atom. The Kier molecular flexibility index (Phi) is 5.26. The number of nitrogens with one attached hydrogen (secondary N) is 1. The van der Waals surface area contributed by atoms with Crippen LogP contribution in [-0.2, 0) is 6.54 Å². The number of aryl methyl sites for hydroxylation is 1. The van der Waals surface area contributed by atoms with Crippen LogP contribution in [0.1, 0.15) is 50.9 Å². The van der Waals surface area contributed by atoms with Crippen molar-refractivity contribution in [3.63, 3.8) is 0 Å². The summed E-state index contributed by atoms with van der Waals surface area (Å²) in [5.41, 5.74) is -1.84. The number of rotatable bonds is 3. The summed E-state index contributed by atoms with van der Waals surface area (Å²) in [7, 11) is 0. The monoisotopic (exact) mass is 433 g/mol. The molecule has 164 valence electrons. The van der Waals surface area contributed by atoms with E-state index < -0.39 is 58.9 Å². The number of aromatic hydroxyl groups is 1. The third-order valence-corrected chi connectivity index (χ3v) is 5.79. The van der Waals surface area contributed by atoms with E-state index in [0.29, 0.717) is 24.9 Å². The van der Waals surface area contributed by atoms with Crippen LogP contribution in [0.15, 0.2) is 23.1 Å². The zero-order valence-electron chi connectivity index (χ0n) is 16.7. The summed E-state index contributed by atoms with van der Waals surface area (Å²) in [4.78, 5) is 39.4. The molecule has 4 rings (SSSR count). The Labute approximate surface area is 175 Å². The van der Waals surface area contributed by atoms with Crippen molar-refractivity contribution >= 4 is 11.8 Å². The molecule has 0 spiro atoms. The van der Waals surface area contributed by atoms with Crippen LogP contribution >= 0.6 is 0 Å². The van der Waals surface area contributed by atoms with Gasteiger partial charge in [0.15, 0.2) is 11.4 Å². The van der Waals surface area contributed by atoms with Gasteiger partial charge >= 0.3 is 0 Å². The second kappa shape index (κ2) is 7.77. The fraction of sp³-hybridized carbons (Fsp3) is 0.381.